The Morgan fingerprint density at radius 2 is 1.97 bits per heavy atom. The number of carbonyl (C=O) groups is 2. The maximum Gasteiger partial charge on any atom is 0.273 e. The van der Waals surface area contributed by atoms with Gasteiger partial charge in [0.15, 0.2) is 17.3 Å². The van der Waals surface area contributed by atoms with Crippen LogP contribution in [0.25, 0.3) is 10.4 Å². The van der Waals surface area contributed by atoms with Gasteiger partial charge in [-0.1, -0.05) is 12.8 Å². The molecule has 32 heavy (non-hydrogen) atoms. The Morgan fingerprint density at radius 3 is 2.69 bits per heavy atom. The zero-order valence-electron chi connectivity index (χ0n) is 17.5. The Kier molecular flexibility index (Phi) is 6.37. The highest BCUT2D eigenvalue weighted by Crippen LogP contribution is 2.30. The normalized spacial score (nSPS) is 18.2. The van der Waals surface area contributed by atoms with Crippen molar-refractivity contribution in [3.63, 3.8) is 0 Å². The second-order valence-corrected chi connectivity index (χ2v) is 8.79. The molecule has 3 aromatic rings. The van der Waals surface area contributed by atoms with Gasteiger partial charge in [-0.2, -0.15) is 4.98 Å². The molecule has 11 heteroatoms. The van der Waals surface area contributed by atoms with E-state index in [9.17, 15) is 9.59 Å². The van der Waals surface area contributed by atoms with E-state index in [4.69, 9.17) is 11.5 Å². The summed E-state index contributed by atoms with van der Waals surface area (Å²) in [7, 11) is 0. The van der Waals surface area contributed by atoms with E-state index in [1.165, 1.54) is 18.3 Å². The van der Waals surface area contributed by atoms with Gasteiger partial charge in [0.2, 0.25) is 5.95 Å². The molecule has 0 unspecified atom stereocenters. The fourth-order valence-corrected chi connectivity index (χ4v) is 4.49. The van der Waals surface area contributed by atoms with Gasteiger partial charge in [0, 0.05) is 28.7 Å². The molecule has 10 nitrogen and oxygen atoms in total. The summed E-state index contributed by atoms with van der Waals surface area (Å²) in [6.07, 6.45) is 7.33. The Morgan fingerprint density at radius 1 is 1.16 bits per heavy atom. The van der Waals surface area contributed by atoms with E-state index >= 15 is 0 Å². The number of hydrogen-bond donors (Lipinski definition) is 4. The SMILES string of the molecule is CC(=O)c1ccc(-c2cncc(Nc3nc(N[C@@H]4CCCC[C@@H]4N)nnc3C(N)=O)c2)s1. The molecule has 0 bridgehead atoms. The molecule has 0 spiro atoms. The molecule has 3 heterocycles. The lowest BCUT2D eigenvalue weighted by Crippen LogP contribution is -2.43. The van der Waals surface area contributed by atoms with Gasteiger partial charge in [0.05, 0.1) is 16.8 Å². The zero-order chi connectivity index (χ0) is 22.7. The van der Waals surface area contributed by atoms with Crippen molar-refractivity contribution in [1.29, 1.82) is 0 Å². The summed E-state index contributed by atoms with van der Waals surface area (Å²) in [5.41, 5.74) is 13.0. The molecule has 6 N–H and O–H groups in total. The summed E-state index contributed by atoms with van der Waals surface area (Å²) in [4.78, 5) is 33.7. The highest BCUT2D eigenvalue weighted by atomic mass is 32.1. The van der Waals surface area contributed by atoms with Gasteiger partial charge in [0.25, 0.3) is 5.91 Å². The van der Waals surface area contributed by atoms with E-state index in [2.05, 4.69) is 30.8 Å². The number of aromatic nitrogens is 4. The average molecular weight is 453 g/mol. The van der Waals surface area contributed by atoms with Crippen molar-refractivity contribution < 1.29 is 9.59 Å². The van der Waals surface area contributed by atoms with Crippen LogP contribution in [0, 0.1) is 0 Å². The number of nitrogens with one attached hydrogen (secondary N) is 2. The summed E-state index contributed by atoms with van der Waals surface area (Å²) < 4.78 is 0. The van der Waals surface area contributed by atoms with E-state index in [-0.39, 0.29) is 35.3 Å². The van der Waals surface area contributed by atoms with Gasteiger partial charge in [-0.15, -0.1) is 21.5 Å². The van der Waals surface area contributed by atoms with Crippen molar-refractivity contribution in [1.82, 2.24) is 20.2 Å². The monoisotopic (exact) mass is 452 g/mol. The zero-order valence-corrected chi connectivity index (χ0v) is 18.4. The maximum atomic E-state index is 11.9. The third kappa shape index (κ3) is 4.89. The first-order valence-electron chi connectivity index (χ1n) is 10.3. The van der Waals surface area contributed by atoms with Crippen LogP contribution in [-0.4, -0.2) is 43.9 Å². The third-order valence-electron chi connectivity index (χ3n) is 5.29. The molecule has 1 aliphatic rings. The van der Waals surface area contributed by atoms with Gasteiger partial charge in [-0.3, -0.25) is 14.6 Å². The molecular formula is C21H24N8O2S. The van der Waals surface area contributed by atoms with Crippen LogP contribution in [-0.2, 0) is 0 Å². The van der Waals surface area contributed by atoms with Crippen LogP contribution < -0.4 is 22.1 Å². The van der Waals surface area contributed by atoms with E-state index < -0.39 is 5.91 Å². The van der Waals surface area contributed by atoms with Crippen molar-refractivity contribution >= 4 is 40.5 Å². The minimum Gasteiger partial charge on any atom is -0.364 e. The van der Waals surface area contributed by atoms with E-state index in [1.54, 1.807) is 18.5 Å². The summed E-state index contributed by atoms with van der Waals surface area (Å²) in [6.45, 7) is 1.53. The number of primary amides is 1. The highest BCUT2D eigenvalue weighted by Gasteiger charge is 2.23. The van der Waals surface area contributed by atoms with Crippen LogP contribution >= 0.6 is 11.3 Å². The highest BCUT2D eigenvalue weighted by molar-refractivity contribution is 7.17. The topological polar surface area (TPSA) is 162 Å². The average Bonchev–Trinajstić information content (AvgIpc) is 3.26. The molecule has 0 saturated heterocycles. The molecule has 0 aliphatic heterocycles. The second-order valence-electron chi connectivity index (χ2n) is 7.70. The fourth-order valence-electron chi connectivity index (χ4n) is 3.61. The molecule has 0 aromatic carbocycles. The van der Waals surface area contributed by atoms with Crippen molar-refractivity contribution in [3.8, 4) is 10.4 Å². The molecule has 4 rings (SSSR count). The van der Waals surface area contributed by atoms with E-state index in [1.807, 2.05) is 12.1 Å². The number of carbonyl (C=O) groups excluding carboxylic acids is 2. The lowest BCUT2D eigenvalue weighted by molar-refractivity contribution is 0.0992. The summed E-state index contributed by atoms with van der Waals surface area (Å²) in [6, 6.07) is 5.55. The number of anilines is 3. The third-order valence-corrected chi connectivity index (χ3v) is 6.53. The first-order valence-corrected chi connectivity index (χ1v) is 11.1. The van der Waals surface area contributed by atoms with Gasteiger partial charge in [-0.25, -0.2) is 0 Å². The second kappa shape index (κ2) is 9.37. The number of Topliss-reactive ketones (excluding diaryl/α,β-unsaturated/α-hetero) is 1. The molecule has 1 aliphatic carbocycles. The number of pyridine rings is 1. The van der Waals surface area contributed by atoms with Crippen LogP contribution in [0.3, 0.4) is 0 Å². The van der Waals surface area contributed by atoms with Crippen LogP contribution in [0.1, 0.15) is 52.8 Å². The standard InChI is InChI=1S/C21H24N8O2S/c1-11(30)16-6-7-17(32-16)12-8-13(10-24-9-12)25-20-18(19(23)31)28-29-21(27-20)26-15-5-3-2-4-14(15)22/h6-10,14-15H,2-5,22H2,1H3,(H2,23,31)(H2,25,26,27,29)/t14-,15+/m0/s1. The van der Waals surface area contributed by atoms with Crippen LogP contribution in [0.4, 0.5) is 17.5 Å². The number of amides is 1. The van der Waals surface area contributed by atoms with E-state index in [0.29, 0.717) is 10.6 Å². The molecule has 1 amide bonds. The number of thiophene rings is 1. The number of rotatable bonds is 7. The number of nitrogens with two attached hydrogens (primary N) is 2. The molecule has 3 aromatic heterocycles. The molecule has 0 radical (unpaired) electrons. The summed E-state index contributed by atoms with van der Waals surface area (Å²) >= 11 is 1.39. The van der Waals surface area contributed by atoms with Gasteiger partial charge in [-0.05, 0) is 38.0 Å². The summed E-state index contributed by atoms with van der Waals surface area (Å²) in [5, 5.41) is 14.3. The number of nitrogens with zero attached hydrogens (tertiary/aromatic N) is 4. The van der Waals surface area contributed by atoms with Crippen molar-refractivity contribution in [3.05, 3.63) is 41.2 Å². The predicted octanol–water partition coefficient (Wildman–Crippen LogP) is 2.72. The van der Waals surface area contributed by atoms with Crippen molar-refractivity contribution in [2.24, 2.45) is 11.5 Å². The maximum absolute atomic E-state index is 11.9. The molecule has 166 valence electrons. The first kappa shape index (κ1) is 21.8. The van der Waals surface area contributed by atoms with E-state index in [0.717, 1.165) is 36.1 Å². The van der Waals surface area contributed by atoms with Crippen molar-refractivity contribution in [2.75, 3.05) is 10.6 Å². The Bertz CT molecular complexity index is 1150. The Balaban J connectivity index is 1.59. The molecule has 1 saturated carbocycles. The van der Waals surface area contributed by atoms with Crippen LogP contribution in [0.5, 0.6) is 0 Å². The number of ketones is 1. The predicted molar refractivity (Wildman–Crippen MR) is 123 cm³/mol. The largest absolute Gasteiger partial charge is 0.364 e. The summed E-state index contributed by atoms with van der Waals surface area (Å²) in [5.74, 6) is -0.288. The quantitative estimate of drug-likeness (QED) is 0.395. The Hall–Kier alpha value is -3.44. The molecule has 2 atom stereocenters. The molecule has 1 fully saturated rings. The van der Waals surface area contributed by atoms with Crippen LogP contribution in [0.2, 0.25) is 0 Å². The lowest BCUT2D eigenvalue weighted by Gasteiger charge is -2.29. The van der Waals surface area contributed by atoms with Crippen LogP contribution in [0.15, 0.2) is 30.6 Å². The van der Waals surface area contributed by atoms with Gasteiger partial charge >= 0.3 is 0 Å². The molecular weight excluding hydrogens is 428 g/mol. The Labute approximate surface area is 188 Å². The lowest BCUT2D eigenvalue weighted by atomic mass is 9.91. The van der Waals surface area contributed by atoms with Gasteiger partial charge < -0.3 is 22.1 Å². The minimum atomic E-state index is -0.748. The van der Waals surface area contributed by atoms with Gasteiger partial charge in [0.1, 0.15) is 0 Å². The smallest absolute Gasteiger partial charge is 0.273 e. The minimum absolute atomic E-state index is 0.00569. The number of hydrogen-bond acceptors (Lipinski definition) is 10. The fraction of sp³-hybridized carbons (Fsp3) is 0.333. The van der Waals surface area contributed by atoms with Crippen molar-refractivity contribution in [2.45, 2.75) is 44.7 Å². The first-order chi connectivity index (χ1) is 15.4.